The van der Waals surface area contributed by atoms with Gasteiger partial charge in [-0.3, -0.25) is 9.78 Å². The fourth-order valence-corrected chi connectivity index (χ4v) is 1.95. The summed E-state index contributed by atoms with van der Waals surface area (Å²) in [6.07, 6.45) is 3.16. The fourth-order valence-electron chi connectivity index (χ4n) is 1.82. The van der Waals surface area contributed by atoms with Gasteiger partial charge in [-0.15, -0.1) is 0 Å². The molecular formula is C15H15ClN2O2. The predicted molar refractivity (Wildman–Crippen MR) is 77.8 cm³/mol. The van der Waals surface area contributed by atoms with Crippen LogP contribution >= 0.6 is 11.6 Å². The molecule has 1 atom stereocenters. The molecule has 0 bridgehead atoms. The summed E-state index contributed by atoms with van der Waals surface area (Å²) in [6.45, 7) is 0.383. The second kappa shape index (κ2) is 7.03. The number of carbonyl (C=O) groups excluding carboxylic acids is 1. The molecule has 2 rings (SSSR count). The molecule has 0 saturated carbocycles. The van der Waals surface area contributed by atoms with Crippen molar-refractivity contribution in [2.75, 3.05) is 13.7 Å². The van der Waals surface area contributed by atoms with Crippen molar-refractivity contribution in [2.45, 2.75) is 6.04 Å². The van der Waals surface area contributed by atoms with Gasteiger partial charge in [0.2, 0.25) is 0 Å². The normalized spacial score (nSPS) is 11.9. The average molecular weight is 291 g/mol. The Balaban J connectivity index is 2.13. The maximum absolute atomic E-state index is 12.1. The van der Waals surface area contributed by atoms with E-state index < -0.39 is 0 Å². The van der Waals surface area contributed by atoms with E-state index in [1.165, 1.54) is 6.20 Å². The van der Waals surface area contributed by atoms with E-state index in [0.29, 0.717) is 17.2 Å². The van der Waals surface area contributed by atoms with Gasteiger partial charge < -0.3 is 10.1 Å². The quantitative estimate of drug-likeness (QED) is 0.921. The Hall–Kier alpha value is -1.91. The Morgan fingerprint density at radius 1 is 1.35 bits per heavy atom. The highest BCUT2D eigenvalue weighted by atomic mass is 35.5. The molecule has 0 saturated heterocycles. The van der Waals surface area contributed by atoms with Crippen molar-refractivity contribution in [1.82, 2.24) is 10.3 Å². The van der Waals surface area contributed by atoms with Crippen LogP contribution < -0.4 is 5.32 Å². The second-order valence-electron chi connectivity index (χ2n) is 4.27. The number of aromatic nitrogens is 1. The van der Waals surface area contributed by atoms with Crippen LogP contribution in [0.3, 0.4) is 0 Å². The summed E-state index contributed by atoms with van der Waals surface area (Å²) in [5.74, 6) is -0.185. The topological polar surface area (TPSA) is 51.2 Å². The van der Waals surface area contributed by atoms with Gasteiger partial charge in [-0.05, 0) is 29.8 Å². The van der Waals surface area contributed by atoms with Crippen LogP contribution in [0, 0.1) is 0 Å². The van der Waals surface area contributed by atoms with Crippen LogP contribution in [0.2, 0.25) is 5.02 Å². The lowest BCUT2D eigenvalue weighted by atomic mass is 10.1. The molecule has 0 fully saturated rings. The number of rotatable bonds is 5. The first-order valence-electron chi connectivity index (χ1n) is 6.16. The third kappa shape index (κ3) is 3.79. The van der Waals surface area contributed by atoms with E-state index in [1.807, 2.05) is 12.1 Å². The van der Waals surface area contributed by atoms with Gasteiger partial charge in [-0.25, -0.2) is 0 Å². The van der Waals surface area contributed by atoms with Crippen LogP contribution in [0.25, 0.3) is 0 Å². The van der Waals surface area contributed by atoms with Crippen LogP contribution in [0.1, 0.15) is 22.0 Å². The minimum atomic E-state index is -0.232. The molecule has 1 aromatic carbocycles. The molecule has 1 amide bonds. The van der Waals surface area contributed by atoms with Crippen LogP contribution in [0.15, 0.2) is 48.8 Å². The second-order valence-corrected chi connectivity index (χ2v) is 4.71. The number of carbonyl (C=O) groups is 1. The third-order valence-electron chi connectivity index (χ3n) is 2.83. The maximum atomic E-state index is 12.1. The summed E-state index contributed by atoms with van der Waals surface area (Å²) in [5.41, 5.74) is 1.45. The zero-order valence-electron chi connectivity index (χ0n) is 11.0. The molecule has 0 spiro atoms. The van der Waals surface area contributed by atoms with E-state index in [9.17, 15) is 4.79 Å². The first kappa shape index (κ1) is 14.5. The Kier molecular flexibility index (Phi) is 5.09. The highest BCUT2D eigenvalue weighted by molar-refractivity contribution is 6.30. The summed E-state index contributed by atoms with van der Waals surface area (Å²) in [7, 11) is 1.60. The van der Waals surface area contributed by atoms with E-state index >= 15 is 0 Å². The number of ether oxygens (including phenoxy) is 1. The lowest BCUT2D eigenvalue weighted by Gasteiger charge is -2.18. The molecular weight excluding hydrogens is 276 g/mol. The van der Waals surface area contributed by atoms with E-state index in [1.54, 1.807) is 37.6 Å². The first-order chi connectivity index (χ1) is 9.70. The number of halogens is 1. The highest BCUT2D eigenvalue weighted by Gasteiger charge is 2.15. The van der Waals surface area contributed by atoms with Crippen molar-refractivity contribution in [3.8, 4) is 0 Å². The van der Waals surface area contributed by atoms with Gasteiger partial charge in [-0.2, -0.15) is 0 Å². The zero-order valence-corrected chi connectivity index (χ0v) is 11.8. The van der Waals surface area contributed by atoms with Gasteiger partial charge in [0.05, 0.1) is 18.2 Å². The number of pyridine rings is 1. The van der Waals surface area contributed by atoms with Crippen molar-refractivity contribution < 1.29 is 9.53 Å². The molecule has 20 heavy (non-hydrogen) atoms. The number of methoxy groups -OCH3 is 1. The SMILES string of the molecule is COC[C@H](NC(=O)c1cccnc1)c1ccc(Cl)cc1. The summed E-state index contributed by atoms with van der Waals surface area (Å²) >= 11 is 5.87. The molecule has 104 valence electrons. The highest BCUT2D eigenvalue weighted by Crippen LogP contribution is 2.17. The molecule has 1 aromatic heterocycles. The predicted octanol–water partition coefficient (Wildman–Crippen LogP) is 2.85. The summed E-state index contributed by atoms with van der Waals surface area (Å²) in [6, 6.07) is 10.5. The number of amides is 1. The Morgan fingerprint density at radius 3 is 2.70 bits per heavy atom. The van der Waals surface area contributed by atoms with Gasteiger partial charge >= 0.3 is 0 Å². The monoisotopic (exact) mass is 290 g/mol. The van der Waals surface area contributed by atoms with Crippen molar-refractivity contribution in [3.05, 3.63) is 64.9 Å². The number of hydrogen-bond donors (Lipinski definition) is 1. The lowest BCUT2D eigenvalue weighted by molar-refractivity contribution is 0.0896. The van der Waals surface area contributed by atoms with Gasteiger partial charge in [0.25, 0.3) is 5.91 Å². The van der Waals surface area contributed by atoms with Gasteiger partial charge in [0.15, 0.2) is 0 Å². The van der Waals surface area contributed by atoms with Crippen molar-refractivity contribution in [3.63, 3.8) is 0 Å². The standard InChI is InChI=1S/C15H15ClN2O2/c1-20-10-14(11-4-6-13(16)7-5-11)18-15(19)12-3-2-8-17-9-12/h2-9,14H,10H2,1H3,(H,18,19)/t14-/m0/s1. The summed E-state index contributed by atoms with van der Waals surface area (Å²) < 4.78 is 5.16. The Bertz CT molecular complexity index is 558. The molecule has 2 aromatic rings. The number of nitrogens with one attached hydrogen (secondary N) is 1. The Labute approximate surface area is 122 Å². The molecule has 5 heteroatoms. The van der Waals surface area contributed by atoms with E-state index in [-0.39, 0.29) is 11.9 Å². The number of hydrogen-bond acceptors (Lipinski definition) is 3. The van der Waals surface area contributed by atoms with E-state index in [4.69, 9.17) is 16.3 Å². The molecule has 0 aliphatic rings. The van der Waals surface area contributed by atoms with Gasteiger partial charge in [0, 0.05) is 24.5 Å². The van der Waals surface area contributed by atoms with Crippen molar-refractivity contribution in [2.24, 2.45) is 0 Å². The van der Waals surface area contributed by atoms with Crippen molar-refractivity contribution >= 4 is 17.5 Å². The van der Waals surface area contributed by atoms with Crippen LogP contribution in [0.4, 0.5) is 0 Å². The molecule has 0 aliphatic carbocycles. The summed E-state index contributed by atoms with van der Waals surface area (Å²) in [5, 5.41) is 3.58. The minimum Gasteiger partial charge on any atom is -0.382 e. The molecule has 0 radical (unpaired) electrons. The number of benzene rings is 1. The first-order valence-corrected chi connectivity index (χ1v) is 6.54. The smallest absolute Gasteiger partial charge is 0.253 e. The maximum Gasteiger partial charge on any atom is 0.253 e. The largest absolute Gasteiger partial charge is 0.382 e. The molecule has 1 N–H and O–H groups in total. The molecule has 4 nitrogen and oxygen atoms in total. The van der Waals surface area contributed by atoms with Crippen molar-refractivity contribution in [1.29, 1.82) is 0 Å². The Morgan fingerprint density at radius 2 is 2.10 bits per heavy atom. The lowest BCUT2D eigenvalue weighted by Crippen LogP contribution is -2.31. The van der Waals surface area contributed by atoms with Crippen LogP contribution in [-0.2, 0) is 4.74 Å². The molecule has 0 unspecified atom stereocenters. The number of nitrogens with zero attached hydrogens (tertiary/aromatic N) is 1. The minimum absolute atomic E-state index is 0.185. The van der Waals surface area contributed by atoms with Crippen LogP contribution in [0.5, 0.6) is 0 Å². The van der Waals surface area contributed by atoms with E-state index in [2.05, 4.69) is 10.3 Å². The fraction of sp³-hybridized carbons (Fsp3) is 0.200. The summed E-state index contributed by atoms with van der Waals surface area (Å²) in [4.78, 5) is 16.1. The molecule has 1 heterocycles. The molecule has 0 aliphatic heterocycles. The third-order valence-corrected chi connectivity index (χ3v) is 3.09. The van der Waals surface area contributed by atoms with Crippen LogP contribution in [-0.4, -0.2) is 24.6 Å². The van der Waals surface area contributed by atoms with E-state index in [0.717, 1.165) is 5.56 Å². The average Bonchev–Trinajstić information content (AvgIpc) is 2.48. The zero-order chi connectivity index (χ0) is 14.4. The van der Waals surface area contributed by atoms with Gasteiger partial charge in [0.1, 0.15) is 0 Å². The van der Waals surface area contributed by atoms with Gasteiger partial charge in [-0.1, -0.05) is 23.7 Å².